The van der Waals surface area contributed by atoms with Gasteiger partial charge in [0, 0.05) is 38.1 Å². The molecule has 2 amide bonds. The maximum absolute atomic E-state index is 13.8. The number of nitrogens with one attached hydrogen (secondary N) is 2. The molecule has 2 fully saturated rings. The Morgan fingerprint density at radius 1 is 0.971 bits per heavy atom. The van der Waals surface area contributed by atoms with Crippen molar-refractivity contribution >= 4 is 12.0 Å². The molecule has 0 bridgehead atoms. The lowest BCUT2D eigenvalue weighted by molar-refractivity contribution is -0.133. The van der Waals surface area contributed by atoms with Crippen LogP contribution in [0, 0.1) is 0 Å². The number of carbonyl (C=O) groups is 2. The number of amides is 2. The molecule has 7 heteroatoms. The van der Waals surface area contributed by atoms with E-state index in [1.807, 2.05) is 41.3 Å². The first-order valence-electron chi connectivity index (χ1n) is 12.9. The summed E-state index contributed by atoms with van der Waals surface area (Å²) in [6.07, 6.45) is 4.15. The zero-order valence-corrected chi connectivity index (χ0v) is 20.4. The maximum Gasteiger partial charge on any atom is 0.404 e. The SMILES string of the molecule is O=C(O)NC[C@@H]1CCN(CC(c2ccccc2)c2ccccc2)C(=O)[C@H](CCN2CCCCC2)N1. The Balaban J connectivity index is 1.52. The lowest BCUT2D eigenvalue weighted by Gasteiger charge is -2.31. The minimum absolute atomic E-state index is 0.0710. The van der Waals surface area contributed by atoms with Crippen molar-refractivity contribution in [1.29, 1.82) is 0 Å². The second-order valence-electron chi connectivity index (χ2n) is 9.74. The van der Waals surface area contributed by atoms with Crippen molar-refractivity contribution in [1.82, 2.24) is 20.4 Å². The molecule has 2 aromatic carbocycles. The van der Waals surface area contributed by atoms with Gasteiger partial charge < -0.3 is 25.5 Å². The molecule has 2 aliphatic heterocycles. The Kier molecular flexibility index (Phi) is 9.15. The van der Waals surface area contributed by atoms with Crippen LogP contribution in [-0.2, 0) is 4.79 Å². The normalized spacial score (nSPS) is 21.6. The summed E-state index contributed by atoms with van der Waals surface area (Å²) in [5.41, 5.74) is 2.38. The molecule has 2 heterocycles. The van der Waals surface area contributed by atoms with E-state index in [1.54, 1.807) is 0 Å². The molecular weight excluding hydrogens is 440 g/mol. The molecule has 0 radical (unpaired) electrons. The van der Waals surface area contributed by atoms with Gasteiger partial charge in [-0.1, -0.05) is 67.1 Å². The Bertz CT molecular complexity index is 894. The first-order valence-corrected chi connectivity index (χ1v) is 12.9. The summed E-state index contributed by atoms with van der Waals surface area (Å²) in [7, 11) is 0. The van der Waals surface area contributed by atoms with E-state index in [0.717, 1.165) is 26.1 Å². The molecule has 7 nitrogen and oxygen atoms in total. The minimum Gasteiger partial charge on any atom is -0.465 e. The van der Waals surface area contributed by atoms with Gasteiger partial charge in [-0.3, -0.25) is 4.79 Å². The molecule has 3 N–H and O–H groups in total. The van der Waals surface area contributed by atoms with Crippen molar-refractivity contribution in [2.24, 2.45) is 0 Å². The van der Waals surface area contributed by atoms with Crippen molar-refractivity contribution in [2.45, 2.75) is 50.1 Å². The molecule has 0 spiro atoms. The molecular formula is C28H38N4O3. The molecule has 0 unspecified atom stereocenters. The van der Waals surface area contributed by atoms with Gasteiger partial charge in [0.2, 0.25) is 5.91 Å². The molecule has 2 aromatic rings. The van der Waals surface area contributed by atoms with Crippen LogP contribution >= 0.6 is 0 Å². The van der Waals surface area contributed by atoms with E-state index in [2.05, 4.69) is 39.8 Å². The van der Waals surface area contributed by atoms with Gasteiger partial charge in [-0.2, -0.15) is 0 Å². The van der Waals surface area contributed by atoms with E-state index in [-0.39, 0.29) is 23.9 Å². The number of carbonyl (C=O) groups excluding carboxylic acids is 1. The average molecular weight is 479 g/mol. The molecule has 0 aromatic heterocycles. The minimum atomic E-state index is -1.03. The van der Waals surface area contributed by atoms with Crippen LogP contribution in [0.1, 0.15) is 49.1 Å². The predicted molar refractivity (Wildman–Crippen MR) is 138 cm³/mol. The average Bonchev–Trinajstić information content (AvgIpc) is 3.04. The van der Waals surface area contributed by atoms with Gasteiger partial charge in [0.15, 0.2) is 0 Å². The first-order chi connectivity index (χ1) is 17.1. The largest absolute Gasteiger partial charge is 0.465 e. The van der Waals surface area contributed by atoms with E-state index in [1.165, 1.54) is 30.4 Å². The van der Waals surface area contributed by atoms with Crippen LogP contribution in [0.3, 0.4) is 0 Å². The summed E-state index contributed by atoms with van der Waals surface area (Å²) in [6.45, 7) is 4.59. The van der Waals surface area contributed by atoms with Crippen LogP contribution in [0.2, 0.25) is 0 Å². The molecule has 2 aliphatic rings. The van der Waals surface area contributed by atoms with E-state index in [0.29, 0.717) is 26.1 Å². The van der Waals surface area contributed by atoms with Crippen molar-refractivity contribution < 1.29 is 14.7 Å². The lowest BCUT2D eigenvalue weighted by atomic mass is 9.90. The van der Waals surface area contributed by atoms with Crippen molar-refractivity contribution in [2.75, 3.05) is 39.3 Å². The number of benzene rings is 2. The number of rotatable bonds is 9. The number of carboxylic acid groups (broad SMARTS) is 1. The zero-order chi connectivity index (χ0) is 24.5. The van der Waals surface area contributed by atoms with Gasteiger partial charge in [0.1, 0.15) is 0 Å². The highest BCUT2D eigenvalue weighted by Crippen LogP contribution is 2.27. The van der Waals surface area contributed by atoms with Crippen molar-refractivity contribution in [3.05, 3.63) is 71.8 Å². The Morgan fingerprint density at radius 3 is 2.20 bits per heavy atom. The standard InChI is InChI=1S/C28H38N4O3/c33-27-26(15-18-31-16-8-3-9-17-31)30-24(20-29-28(34)35)14-19-32(27)21-25(22-10-4-1-5-11-22)23-12-6-2-7-13-23/h1-2,4-7,10-13,24-26,29-30H,3,8-9,14-21H2,(H,34,35)/t24-,26-/m0/s1. The zero-order valence-electron chi connectivity index (χ0n) is 20.4. The van der Waals surface area contributed by atoms with Gasteiger partial charge >= 0.3 is 6.09 Å². The van der Waals surface area contributed by atoms with Crippen LogP contribution in [0.4, 0.5) is 4.79 Å². The van der Waals surface area contributed by atoms with Crippen LogP contribution < -0.4 is 10.6 Å². The maximum atomic E-state index is 13.8. The Hall–Kier alpha value is -2.90. The molecule has 0 aliphatic carbocycles. The lowest BCUT2D eigenvalue weighted by Crippen LogP contribution is -2.50. The molecule has 188 valence electrons. The van der Waals surface area contributed by atoms with Gasteiger partial charge in [0.05, 0.1) is 6.04 Å². The first kappa shape index (κ1) is 25.2. The second-order valence-corrected chi connectivity index (χ2v) is 9.74. The molecule has 0 saturated carbocycles. The summed E-state index contributed by atoms with van der Waals surface area (Å²) in [6, 6.07) is 20.4. The van der Waals surface area contributed by atoms with E-state index < -0.39 is 6.09 Å². The smallest absolute Gasteiger partial charge is 0.404 e. The van der Waals surface area contributed by atoms with Crippen LogP contribution in [0.15, 0.2) is 60.7 Å². The van der Waals surface area contributed by atoms with Crippen molar-refractivity contribution in [3.8, 4) is 0 Å². The van der Waals surface area contributed by atoms with Crippen LogP contribution in [-0.4, -0.2) is 78.3 Å². The highest BCUT2D eigenvalue weighted by atomic mass is 16.4. The van der Waals surface area contributed by atoms with E-state index in [9.17, 15) is 9.59 Å². The van der Waals surface area contributed by atoms with Crippen LogP contribution in [0.5, 0.6) is 0 Å². The summed E-state index contributed by atoms with van der Waals surface area (Å²) < 4.78 is 0. The Morgan fingerprint density at radius 2 is 1.60 bits per heavy atom. The third-order valence-electron chi connectivity index (χ3n) is 7.28. The number of likely N-dealkylation sites (tertiary alicyclic amines) is 1. The number of hydrogen-bond donors (Lipinski definition) is 3. The second kappa shape index (κ2) is 12.7. The van der Waals surface area contributed by atoms with E-state index in [4.69, 9.17) is 5.11 Å². The Labute approximate surface area is 208 Å². The third-order valence-corrected chi connectivity index (χ3v) is 7.28. The summed E-state index contributed by atoms with van der Waals surface area (Å²) in [5, 5.41) is 15.1. The fourth-order valence-corrected chi connectivity index (χ4v) is 5.33. The third kappa shape index (κ3) is 7.29. The topological polar surface area (TPSA) is 84.9 Å². The monoisotopic (exact) mass is 478 g/mol. The highest BCUT2D eigenvalue weighted by Gasteiger charge is 2.33. The predicted octanol–water partition coefficient (Wildman–Crippen LogP) is 3.52. The van der Waals surface area contributed by atoms with Gasteiger partial charge in [0.25, 0.3) is 0 Å². The van der Waals surface area contributed by atoms with Crippen molar-refractivity contribution in [3.63, 3.8) is 0 Å². The van der Waals surface area contributed by atoms with Gasteiger partial charge in [-0.15, -0.1) is 0 Å². The van der Waals surface area contributed by atoms with E-state index >= 15 is 0 Å². The van der Waals surface area contributed by atoms with Gasteiger partial charge in [-0.25, -0.2) is 4.79 Å². The number of piperidine rings is 1. The fourth-order valence-electron chi connectivity index (χ4n) is 5.33. The number of hydrogen-bond acceptors (Lipinski definition) is 4. The molecule has 2 atom stereocenters. The summed E-state index contributed by atoms with van der Waals surface area (Å²) >= 11 is 0. The highest BCUT2D eigenvalue weighted by molar-refractivity contribution is 5.82. The van der Waals surface area contributed by atoms with Gasteiger partial charge in [-0.05, 0) is 49.9 Å². The fraction of sp³-hybridized carbons (Fsp3) is 0.500. The van der Waals surface area contributed by atoms with Crippen LogP contribution in [0.25, 0.3) is 0 Å². The summed E-state index contributed by atoms with van der Waals surface area (Å²) in [4.78, 5) is 29.4. The molecule has 4 rings (SSSR count). The summed E-state index contributed by atoms with van der Waals surface area (Å²) in [5.74, 6) is 0.203. The molecule has 2 saturated heterocycles. The number of nitrogens with zero attached hydrogens (tertiary/aromatic N) is 2. The quantitative estimate of drug-likeness (QED) is 0.514. The molecule has 35 heavy (non-hydrogen) atoms.